The van der Waals surface area contributed by atoms with E-state index in [1.165, 1.54) is 10.4 Å². The maximum Gasteiger partial charge on any atom is 0.226 e. The molecule has 0 bridgehead atoms. The van der Waals surface area contributed by atoms with Crippen LogP contribution in [0.2, 0.25) is 0 Å². The third-order valence-electron chi connectivity index (χ3n) is 4.11. The second-order valence-electron chi connectivity index (χ2n) is 5.63. The molecule has 2 aromatic rings. The third kappa shape index (κ3) is 3.23. The number of aryl methyl sites for hydroxylation is 1. The molecular weight excluding hydrogens is 298 g/mol. The molecule has 3 heterocycles. The molecule has 1 aliphatic rings. The maximum absolute atomic E-state index is 12.0. The number of amides is 1. The molecule has 0 saturated heterocycles. The zero-order valence-corrected chi connectivity index (χ0v) is 13.8. The first-order valence-corrected chi connectivity index (χ1v) is 8.59. The second kappa shape index (κ2) is 6.62. The lowest BCUT2D eigenvalue weighted by Gasteiger charge is -2.35. The first-order valence-electron chi connectivity index (χ1n) is 7.71. The molecule has 118 valence electrons. The molecule has 6 heteroatoms. The van der Waals surface area contributed by atoms with Crippen molar-refractivity contribution in [2.24, 2.45) is 0 Å². The highest BCUT2D eigenvalue weighted by Gasteiger charge is 2.26. The summed E-state index contributed by atoms with van der Waals surface area (Å²) in [6.45, 7) is 5.82. The predicted octanol–water partition coefficient (Wildman–Crippen LogP) is 3.38. The van der Waals surface area contributed by atoms with Gasteiger partial charge in [0.25, 0.3) is 0 Å². The second-order valence-corrected chi connectivity index (χ2v) is 6.63. The van der Waals surface area contributed by atoms with Crippen LogP contribution in [0, 0.1) is 6.92 Å². The zero-order chi connectivity index (χ0) is 15.5. The van der Waals surface area contributed by atoms with Crippen molar-refractivity contribution in [3.05, 3.63) is 33.7 Å². The van der Waals surface area contributed by atoms with E-state index in [4.69, 9.17) is 4.52 Å². The van der Waals surface area contributed by atoms with Gasteiger partial charge in [-0.3, -0.25) is 9.69 Å². The van der Waals surface area contributed by atoms with Crippen molar-refractivity contribution < 1.29 is 9.32 Å². The lowest BCUT2D eigenvalue weighted by molar-refractivity contribution is -0.116. The van der Waals surface area contributed by atoms with Gasteiger partial charge in [-0.1, -0.05) is 12.1 Å². The smallest absolute Gasteiger partial charge is 0.226 e. The number of thiophene rings is 1. The molecule has 0 spiro atoms. The minimum Gasteiger partial charge on any atom is -0.360 e. The van der Waals surface area contributed by atoms with Gasteiger partial charge < -0.3 is 9.84 Å². The monoisotopic (exact) mass is 319 g/mol. The quantitative estimate of drug-likeness (QED) is 0.918. The first-order chi connectivity index (χ1) is 10.7. The highest BCUT2D eigenvalue weighted by molar-refractivity contribution is 7.10. The van der Waals surface area contributed by atoms with E-state index in [0.29, 0.717) is 24.0 Å². The normalized spacial score (nSPS) is 18.2. The van der Waals surface area contributed by atoms with Crippen LogP contribution in [0.15, 0.2) is 22.0 Å². The van der Waals surface area contributed by atoms with Gasteiger partial charge in [0, 0.05) is 36.5 Å². The van der Waals surface area contributed by atoms with Crippen LogP contribution in [0.25, 0.3) is 0 Å². The third-order valence-corrected chi connectivity index (χ3v) is 5.11. The fourth-order valence-corrected chi connectivity index (χ4v) is 4.00. The Hall–Kier alpha value is -1.66. The van der Waals surface area contributed by atoms with Crippen molar-refractivity contribution in [1.82, 2.24) is 10.1 Å². The van der Waals surface area contributed by atoms with Crippen molar-refractivity contribution in [2.75, 3.05) is 18.4 Å². The van der Waals surface area contributed by atoms with Crippen LogP contribution in [0.5, 0.6) is 0 Å². The number of hydrogen-bond donors (Lipinski definition) is 1. The highest BCUT2D eigenvalue weighted by atomic mass is 32.1. The Morgan fingerprint density at radius 1 is 1.59 bits per heavy atom. The van der Waals surface area contributed by atoms with E-state index in [2.05, 4.69) is 33.7 Å². The van der Waals surface area contributed by atoms with E-state index in [1.54, 1.807) is 13.0 Å². The number of hydrogen-bond acceptors (Lipinski definition) is 5. The number of rotatable bonds is 5. The standard InChI is InChI=1S/C16H21N3O2S/c1-3-13-12-6-9-22-14(12)4-7-19(13)8-5-16(20)17-15-10-11(2)21-18-15/h6,9-10,13H,3-5,7-8H2,1-2H3,(H,17,18,20)/t13-/m0/s1. The van der Waals surface area contributed by atoms with Gasteiger partial charge in [0.05, 0.1) is 0 Å². The summed E-state index contributed by atoms with van der Waals surface area (Å²) < 4.78 is 4.95. The molecule has 22 heavy (non-hydrogen) atoms. The summed E-state index contributed by atoms with van der Waals surface area (Å²) in [5.41, 5.74) is 1.45. The molecule has 0 radical (unpaired) electrons. The van der Waals surface area contributed by atoms with E-state index in [1.807, 2.05) is 11.3 Å². The number of nitrogens with zero attached hydrogens (tertiary/aromatic N) is 2. The minimum absolute atomic E-state index is 0.0146. The van der Waals surface area contributed by atoms with Crippen molar-refractivity contribution in [3.8, 4) is 0 Å². The van der Waals surface area contributed by atoms with Gasteiger partial charge in [-0.25, -0.2) is 0 Å². The average Bonchev–Trinajstić information content (AvgIpc) is 3.13. The van der Waals surface area contributed by atoms with Gasteiger partial charge in [-0.2, -0.15) is 0 Å². The summed E-state index contributed by atoms with van der Waals surface area (Å²) in [6.07, 6.45) is 2.64. The fraction of sp³-hybridized carbons (Fsp3) is 0.500. The number of aromatic nitrogens is 1. The van der Waals surface area contributed by atoms with Crippen LogP contribution < -0.4 is 5.32 Å². The van der Waals surface area contributed by atoms with Gasteiger partial charge in [0.2, 0.25) is 5.91 Å². The molecular formula is C16H21N3O2S. The Bertz CT molecular complexity index is 649. The summed E-state index contributed by atoms with van der Waals surface area (Å²) in [6, 6.07) is 4.40. The highest BCUT2D eigenvalue weighted by Crippen LogP contribution is 2.35. The van der Waals surface area contributed by atoms with E-state index in [9.17, 15) is 4.79 Å². The number of nitrogens with one attached hydrogen (secondary N) is 1. The van der Waals surface area contributed by atoms with Crippen LogP contribution in [0.4, 0.5) is 5.82 Å². The van der Waals surface area contributed by atoms with E-state index < -0.39 is 0 Å². The SMILES string of the molecule is CC[C@H]1c2ccsc2CCN1CCC(=O)Nc1cc(C)on1. The average molecular weight is 319 g/mol. The van der Waals surface area contributed by atoms with Crippen molar-refractivity contribution in [3.63, 3.8) is 0 Å². The van der Waals surface area contributed by atoms with Gasteiger partial charge in [0.1, 0.15) is 5.76 Å². The Labute approximate surface area is 134 Å². The van der Waals surface area contributed by atoms with Crippen LogP contribution in [0.3, 0.4) is 0 Å². The maximum atomic E-state index is 12.0. The summed E-state index contributed by atoms with van der Waals surface area (Å²) >= 11 is 1.85. The summed E-state index contributed by atoms with van der Waals surface area (Å²) in [7, 11) is 0. The van der Waals surface area contributed by atoms with Crippen LogP contribution in [-0.4, -0.2) is 29.1 Å². The van der Waals surface area contributed by atoms with Crippen LogP contribution in [-0.2, 0) is 11.2 Å². The first kappa shape index (κ1) is 15.2. The Morgan fingerprint density at radius 2 is 2.45 bits per heavy atom. The van der Waals surface area contributed by atoms with Crippen LogP contribution >= 0.6 is 11.3 Å². The lowest BCUT2D eigenvalue weighted by atomic mass is 9.97. The molecule has 2 aromatic heterocycles. The van der Waals surface area contributed by atoms with Crippen molar-refractivity contribution in [1.29, 1.82) is 0 Å². The van der Waals surface area contributed by atoms with Gasteiger partial charge in [-0.15, -0.1) is 11.3 Å². The van der Waals surface area contributed by atoms with E-state index in [-0.39, 0.29) is 5.91 Å². The predicted molar refractivity (Wildman–Crippen MR) is 87.1 cm³/mol. The molecule has 0 fully saturated rings. The van der Waals surface area contributed by atoms with Gasteiger partial charge >= 0.3 is 0 Å². The fourth-order valence-electron chi connectivity index (χ4n) is 3.07. The molecule has 1 aliphatic heterocycles. The number of carbonyl (C=O) groups is 1. The Kier molecular flexibility index (Phi) is 4.59. The lowest BCUT2D eigenvalue weighted by Crippen LogP contribution is -2.36. The Balaban J connectivity index is 1.56. The number of anilines is 1. The molecule has 0 unspecified atom stereocenters. The molecule has 5 nitrogen and oxygen atoms in total. The molecule has 0 saturated carbocycles. The number of fused-ring (bicyclic) bond motifs is 1. The number of carbonyl (C=O) groups excluding carboxylic acids is 1. The summed E-state index contributed by atoms with van der Waals surface area (Å²) in [4.78, 5) is 16.0. The summed E-state index contributed by atoms with van der Waals surface area (Å²) in [5.74, 6) is 1.18. The summed E-state index contributed by atoms with van der Waals surface area (Å²) in [5, 5.41) is 8.74. The molecule has 1 atom stereocenters. The van der Waals surface area contributed by atoms with Gasteiger partial charge in [0.15, 0.2) is 5.82 Å². The zero-order valence-electron chi connectivity index (χ0n) is 13.0. The molecule has 3 rings (SSSR count). The van der Waals surface area contributed by atoms with Crippen molar-refractivity contribution in [2.45, 2.75) is 39.2 Å². The Morgan fingerprint density at radius 3 is 3.18 bits per heavy atom. The minimum atomic E-state index is -0.0146. The van der Waals surface area contributed by atoms with Crippen LogP contribution in [0.1, 0.15) is 42.0 Å². The van der Waals surface area contributed by atoms with Gasteiger partial charge in [-0.05, 0) is 36.8 Å². The topological polar surface area (TPSA) is 58.4 Å². The van der Waals surface area contributed by atoms with E-state index in [0.717, 1.165) is 25.9 Å². The molecule has 0 aromatic carbocycles. The molecule has 1 N–H and O–H groups in total. The molecule has 0 aliphatic carbocycles. The van der Waals surface area contributed by atoms with Crippen molar-refractivity contribution >= 4 is 23.1 Å². The van der Waals surface area contributed by atoms with E-state index >= 15 is 0 Å². The largest absolute Gasteiger partial charge is 0.360 e. The molecule has 1 amide bonds.